The molecule has 10 heavy (non-hydrogen) atoms. The lowest BCUT2D eigenvalue weighted by Crippen LogP contribution is -2.26. The molecule has 0 atom stereocenters. The highest BCUT2D eigenvalue weighted by Gasteiger charge is 1.97. The predicted molar refractivity (Wildman–Crippen MR) is 43.4 cm³/mol. The summed E-state index contributed by atoms with van der Waals surface area (Å²) in [5.74, 6) is 0.531. The molecule has 0 unspecified atom stereocenters. The van der Waals surface area contributed by atoms with Crippen LogP contribution in [0.3, 0.4) is 0 Å². The van der Waals surface area contributed by atoms with E-state index in [1.54, 1.807) is 6.92 Å². The first kappa shape index (κ1) is 9.78. The van der Waals surface area contributed by atoms with E-state index < -0.39 is 0 Å². The maximum absolute atomic E-state index is 10.6. The second-order valence-corrected chi connectivity index (χ2v) is 2.15. The predicted octanol–water partition coefficient (Wildman–Crippen LogP) is 0.0689. The van der Waals surface area contributed by atoms with Crippen LogP contribution in [0.5, 0.6) is 0 Å². The van der Waals surface area contributed by atoms with Crippen LogP contribution in [0, 0.1) is 0 Å². The van der Waals surface area contributed by atoms with Crippen molar-refractivity contribution in [2.24, 2.45) is 0 Å². The smallest absolute Gasteiger partial charge is 0.319 e. The number of rotatable bonds is 5. The Hall–Kier alpha value is -0.220. The fraction of sp³-hybridized carbons (Fsp3) is 0.833. The fourth-order valence-electron chi connectivity index (χ4n) is 0.482. The molecule has 0 aromatic rings. The lowest BCUT2D eigenvalue weighted by Gasteiger charge is -2.01. The Morgan fingerprint density at radius 2 is 2.40 bits per heavy atom. The molecule has 0 rings (SSSR count). The standard InChI is InChI=1S/C6H13NO2S/c1-2-9-6(8)5-7-3-4-10/h7,10H,2-5H2,1H3. The number of nitrogens with one attached hydrogen (secondary N) is 1. The molecular weight excluding hydrogens is 150 g/mol. The van der Waals surface area contributed by atoms with Gasteiger partial charge in [0.2, 0.25) is 0 Å². The highest BCUT2D eigenvalue weighted by Crippen LogP contribution is 1.75. The second kappa shape index (κ2) is 6.89. The van der Waals surface area contributed by atoms with Gasteiger partial charge in [-0.15, -0.1) is 0 Å². The lowest BCUT2D eigenvalue weighted by atomic mass is 10.6. The number of hydrogen-bond acceptors (Lipinski definition) is 4. The van der Waals surface area contributed by atoms with Crippen LogP contribution in [-0.2, 0) is 9.53 Å². The van der Waals surface area contributed by atoms with E-state index in [0.717, 1.165) is 12.3 Å². The average Bonchev–Trinajstić information content (AvgIpc) is 1.89. The summed E-state index contributed by atoms with van der Waals surface area (Å²) in [6, 6.07) is 0. The van der Waals surface area contributed by atoms with Gasteiger partial charge in [-0.05, 0) is 6.92 Å². The van der Waals surface area contributed by atoms with Crippen molar-refractivity contribution in [3.8, 4) is 0 Å². The third-order valence-corrected chi connectivity index (χ3v) is 1.09. The van der Waals surface area contributed by atoms with Gasteiger partial charge in [-0.25, -0.2) is 0 Å². The van der Waals surface area contributed by atoms with Crippen LogP contribution in [-0.4, -0.2) is 31.4 Å². The molecule has 4 heteroatoms. The van der Waals surface area contributed by atoms with Crippen molar-refractivity contribution < 1.29 is 9.53 Å². The van der Waals surface area contributed by atoms with E-state index in [1.165, 1.54) is 0 Å². The van der Waals surface area contributed by atoms with E-state index in [1.807, 2.05) is 0 Å². The summed E-state index contributed by atoms with van der Waals surface area (Å²) in [5, 5.41) is 2.87. The molecule has 0 amide bonds. The Labute approximate surface area is 66.5 Å². The molecule has 0 spiro atoms. The van der Waals surface area contributed by atoms with Gasteiger partial charge in [-0.3, -0.25) is 4.79 Å². The van der Waals surface area contributed by atoms with Crippen molar-refractivity contribution in [3.05, 3.63) is 0 Å². The first-order valence-electron chi connectivity index (χ1n) is 3.28. The molecule has 0 aromatic heterocycles. The molecule has 1 N–H and O–H groups in total. The van der Waals surface area contributed by atoms with E-state index >= 15 is 0 Å². The zero-order valence-corrected chi connectivity index (χ0v) is 6.99. The van der Waals surface area contributed by atoms with Gasteiger partial charge < -0.3 is 10.1 Å². The molecule has 3 nitrogen and oxygen atoms in total. The fourth-order valence-corrected chi connectivity index (χ4v) is 0.640. The van der Waals surface area contributed by atoms with Gasteiger partial charge in [0.1, 0.15) is 0 Å². The summed E-state index contributed by atoms with van der Waals surface area (Å²) in [5.41, 5.74) is 0. The van der Waals surface area contributed by atoms with Crippen molar-refractivity contribution in [1.29, 1.82) is 0 Å². The Balaban J connectivity index is 3.05. The van der Waals surface area contributed by atoms with Crippen LogP contribution in [0.15, 0.2) is 0 Å². The summed E-state index contributed by atoms with van der Waals surface area (Å²) < 4.78 is 4.66. The Morgan fingerprint density at radius 3 is 2.90 bits per heavy atom. The molecule has 0 aromatic carbocycles. The van der Waals surface area contributed by atoms with E-state index in [-0.39, 0.29) is 12.5 Å². The summed E-state index contributed by atoms with van der Waals surface area (Å²) in [6.07, 6.45) is 0. The molecule has 0 bridgehead atoms. The van der Waals surface area contributed by atoms with Crippen molar-refractivity contribution in [1.82, 2.24) is 5.32 Å². The normalized spacial score (nSPS) is 9.40. The molecule has 0 aliphatic heterocycles. The number of thiol groups is 1. The van der Waals surface area contributed by atoms with E-state index in [4.69, 9.17) is 0 Å². The SMILES string of the molecule is CCOC(=O)CNCCS. The van der Waals surface area contributed by atoms with Crippen LogP contribution in [0.1, 0.15) is 6.92 Å². The maximum atomic E-state index is 10.6. The summed E-state index contributed by atoms with van der Waals surface area (Å²) in [7, 11) is 0. The van der Waals surface area contributed by atoms with E-state index in [0.29, 0.717) is 6.61 Å². The highest BCUT2D eigenvalue weighted by atomic mass is 32.1. The van der Waals surface area contributed by atoms with Crippen molar-refractivity contribution in [2.75, 3.05) is 25.4 Å². The minimum absolute atomic E-state index is 0.204. The zero-order valence-electron chi connectivity index (χ0n) is 6.09. The van der Waals surface area contributed by atoms with Gasteiger partial charge >= 0.3 is 5.97 Å². The Bertz CT molecular complexity index is 97.7. The monoisotopic (exact) mass is 163 g/mol. The zero-order chi connectivity index (χ0) is 7.82. The van der Waals surface area contributed by atoms with Gasteiger partial charge in [-0.2, -0.15) is 12.6 Å². The van der Waals surface area contributed by atoms with E-state index in [2.05, 4.69) is 22.7 Å². The van der Waals surface area contributed by atoms with Gasteiger partial charge in [-0.1, -0.05) is 0 Å². The number of carbonyl (C=O) groups is 1. The van der Waals surface area contributed by atoms with Crippen molar-refractivity contribution in [2.45, 2.75) is 6.92 Å². The van der Waals surface area contributed by atoms with Crippen LogP contribution in [0.25, 0.3) is 0 Å². The first-order chi connectivity index (χ1) is 4.81. The van der Waals surface area contributed by atoms with Gasteiger partial charge in [0.15, 0.2) is 0 Å². The Morgan fingerprint density at radius 1 is 1.70 bits per heavy atom. The average molecular weight is 163 g/mol. The quantitative estimate of drug-likeness (QED) is 0.342. The Kier molecular flexibility index (Phi) is 6.74. The summed E-state index contributed by atoms with van der Waals surface area (Å²) in [6.45, 7) is 3.26. The third-order valence-electron chi connectivity index (χ3n) is 0.863. The van der Waals surface area contributed by atoms with Crippen molar-refractivity contribution >= 4 is 18.6 Å². The highest BCUT2D eigenvalue weighted by molar-refractivity contribution is 7.80. The first-order valence-corrected chi connectivity index (χ1v) is 3.91. The molecule has 0 saturated heterocycles. The van der Waals surface area contributed by atoms with Gasteiger partial charge in [0.25, 0.3) is 0 Å². The molecule has 0 heterocycles. The van der Waals surface area contributed by atoms with Gasteiger partial charge in [0.05, 0.1) is 13.2 Å². The van der Waals surface area contributed by atoms with Crippen LogP contribution < -0.4 is 5.32 Å². The lowest BCUT2D eigenvalue weighted by molar-refractivity contribution is -0.141. The molecule has 0 aliphatic rings. The van der Waals surface area contributed by atoms with Crippen LogP contribution >= 0.6 is 12.6 Å². The maximum Gasteiger partial charge on any atom is 0.319 e. The van der Waals surface area contributed by atoms with Gasteiger partial charge in [0, 0.05) is 12.3 Å². The molecule has 0 aliphatic carbocycles. The largest absolute Gasteiger partial charge is 0.465 e. The van der Waals surface area contributed by atoms with Crippen LogP contribution in [0.2, 0.25) is 0 Å². The summed E-state index contributed by atoms with van der Waals surface area (Å²) >= 11 is 3.96. The minimum Gasteiger partial charge on any atom is -0.465 e. The van der Waals surface area contributed by atoms with Crippen LogP contribution in [0.4, 0.5) is 0 Å². The topological polar surface area (TPSA) is 38.3 Å². The van der Waals surface area contributed by atoms with E-state index in [9.17, 15) is 4.79 Å². The number of hydrogen-bond donors (Lipinski definition) is 2. The number of ether oxygens (including phenoxy) is 1. The molecule has 0 saturated carbocycles. The third kappa shape index (κ3) is 5.91. The molecule has 0 radical (unpaired) electrons. The second-order valence-electron chi connectivity index (χ2n) is 1.71. The number of carbonyl (C=O) groups excluding carboxylic acids is 1. The van der Waals surface area contributed by atoms with Crippen molar-refractivity contribution in [3.63, 3.8) is 0 Å². The molecular formula is C6H13NO2S. The minimum atomic E-state index is -0.204. The molecule has 0 fully saturated rings. The molecule has 60 valence electrons. The summed E-state index contributed by atoms with van der Waals surface area (Å²) in [4.78, 5) is 10.6. The number of esters is 1.